The first-order valence-electron chi connectivity index (χ1n) is 4.38. The van der Waals surface area contributed by atoms with Gasteiger partial charge in [0, 0.05) is 0 Å². The second kappa shape index (κ2) is 7.04. The Morgan fingerprint density at radius 3 is 2.00 bits per heavy atom. The maximum atomic E-state index is 12.2. The Morgan fingerprint density at radius 1 is 1.16 bits per heavy atom. The quantitative estimate of drug-likeness (QED) is 0.679. The number of rotatable bonds is 4. The summed E-state index contributed by atoms with van der Waals surface area (Å²) in [5.74, 6) is -3.89. The Hall–Kier alpha value is -0.130. The van der Waals surface area contributed by atoms with E-state index in [4.69, 9.17) is 0 Å². The van der Waals surface area contributed by atoms with E-state index in [0.717, 1.165) is 12.1 Å². The molecule has 0 fully saturated rings. The molecule has 0 saturated carbocycles. The Bertz CT molecular complexity index is 638. The van der Waals surface area contributed by atoms with Crippen LogP contribution in [0.2, 0.25) is 0 Å². The van der Waals surface area contributed by atoms with Crippen molar-refractivity contribution in [2.45, 2.75) is 17.6 Å². The summed E-state index contributed by atoms with van der Waals surface area (Å²) in [6, 6.07) is 4.89. The third-order valence-corrected chi connectivity index (χ3v) is 4.95. The van der Waals surface area contributed by atoms with Gasteiger partial charge >= 0.3 is 35.3 Å². The van der Waals surface area contributed by atoms with Crippen LogP contribution in [0.15, 0.2) is 32.9 Å². The molecule has 1 aromatic carbocycles. The van der Waals surface area contributed by atoms with Crippen molar-refractivity contribution >= 4 is 20.0 Å². The summed E-state index contributed by atoms with van der Waals surface area (Å²) >= 11 is 0. The molecule has 1 rings (SSSR count). The van der Waals surface area contributed by atoms with Gasteiger partial charge in [0.25, 0.3) is 20.0 Å². The van der Waals surface area contributed by atoms with Crippen LogP contribution in [0.25, 0.3) is 0 Å². The van der Waals surface area contributed by atoms with Crippen LogP contribution < -0.4 is 29.6 Å². The largest absolute Gasteiger partial charge is 1.00 e. The average molecular weight is 326 g/mol. The van der Waals surface area contributed by atoms with Crippen LogP contribution in [0.5, 0.6) is 0 Å². The van der Waals surface area contributed by atoms with Crippen LogP contribution in [-0.4, -0.2) is 18.4 Å². The number of halogens is 3. The molecule has 1 unspecified atom stereocenters. The number of sulfonamides is 1. The maximum Gasteiger partial charge on any atom is 1.00 e. The van der Waals surface area contributed by atoms with Crippen LogP contribution >= 0.6 is 0 Å². The van der Waals surface area contributed by atoms with Crippen molar-refractivity contribution in [3.8, 4) is 0 Å². The number of aryl methyl sites for hydroxylation is 1. The molecule has 0 saturated heterocycles. The molecule has 0 N–H and O–H groups in total. The SMILES string of the molecule is Cc1ccc(S(=O)(=O)N=S(=O)(OF)C(F)F)cc1.[Na+]. The fourth-order valence-electron chi connectivity index (χ4n) is 0.962. The molecule has 19 heavy (non-hydrogen) atoms. The van der Waals surface area contributed by atoms with Crippen LogP contribution in [-0.2, 0) is 24.4 Å². The molecule has 11 heteroatoms. The zero-order valence-corrected chi connectivity index (χ0v) is 13.6. The van der Waals surface area contributed by atoms with Gasteiger partial charge in [0.15, 0.2) is 0 Å². The zero-order chi connectivity index (χ0) is 14.0. The molecule has 0 aromatic heterocycles. The van der Waals surface area contributed by atoms with Gasteiger partial charge in [-0.3, -0.25) is 0 Å². The van der Waals surface area contributed by atoms with Crippen LogP contribution in [0.4, 0.5) is 13.3 Å². The number of benzene rings is 1. The van der Waals surface area contributed by atoms with Crippen molar-refractivity contribution in [1.82, 2.24) is 0 Å². The topological polar surface area (TPSA) is 72.8 Å². The first kappa shape index (κ1) is 18.9. The molecule has 0 bridgehead atoms. The van der Waals surface area contributed by atoms with E-state index in [1.807, 2.05) is 0 Å². The number of alkyl halides is 2. The van der Waals surface area contributed by atoms with Gasteiger partial charge in [-0.2, -0.15) is 17.2 Å². The molecule has 0 amide bonds. The number of hydrogen-bond acceptors (Lipinski definition) is 4. The normalized spacial score (nSPS) is 14.6. The van der Waals surface area contributed by atoms with Gasteiger partial charge < -0.3 is 0 Å². The zero-order valence-electron chi connectivity index (χ0n) is 9.92. The molecule has 5 nitrogen and oxygen atoms in total. The Labute approximate surface area is 130 Å². The second-order valence-corrected chi connectivity index (χ2v) is 6.73. The summed E-state index contributed by atoms with van der Waals surface area (Å²) in [5.41, 5.74) is 0.713. The van der Waals surface area contributed by atoms with Gasteiger partial charge in [0.05, 0.1) is 4.90 Å². The Kier molecular flexibility index (Phi) is 7.00. The van der Waals surface area contributed by atoms with Crippen LogP contribution in [0, 0.1) is 6.92 Å². The van der Waals surface area contributed by atoms with E-state index < -0.39 is 30.7 Å². The molecular formula is C8H8F3NNaO4S2+. The van der Waals surface area contributed by atoms with Crippen molar-refractivity contribution in [2.24, 2.45) is 3.77 Å². The fourth-order valence-corrected chi connectivity index (χ4v) is 3.29. The molecule has 1 atom stereocenters. The van der Waals surface area contributed by atoms with Gasteiger partial charge in [-0.25, -0.2) is 4.21 Å². The molecular weight excluding hydrogens is 318 g/mol. The molecule has 102 valence electrons. The third-order valence-electron chi connectivity index (χ3n) is 1.84. The van der Waals surface area contributed by atoms with Crippen molar-refractivity contribution in [2.75, 3.05) is 0 Å². The summed E-state index contributed by atoms with van der Waals surface area (Å²) in [5, 5.41) is 0. The van der Waals surface area contributed by atoms with E-state index in [0.29, 0.717) is 5.56 Å². The summed E-state index contributed by atoms with van der Waals surface area (Å²) < 4.78 is 75.0. The van der Waals surface area contributed by atoms with Gasteiger partial charge in [0.1, 0.15) is 0 Å². The van der Waals surface area contributed by atoms with E-state index in [-0.39, 0.29) is 29.6 Å². The minimum Gasteiger partial charge on any atom is -0.211 e. The first-order chi connectivity index (χ1) is 8.21. The number of hydrogen-bond donors (Lipinski definition) is 0. The Morgan fingerprint density at radius 2 is 1.63 bits per heavy atom. The van der Waals surface area contributed by atoms with Gasteiger partial charge in [0.2, 0.25) is 0 Å². The minimum atomic E-state index is -5.22. The van der Waals surface area contributed by atoms with Gasteiger partial charge in [-0.1, -0.05) is 25.9 Å². The fraction of sp³-hybridized carbons (Fsp3) is 0.250. The van der Waals surface area contributed by atoms with Crippen molar-refractivity contribution in [1.29, 1.82) is 0 Å². The monoisotopic (exact) mass is 326 g/mol. The van der Waals surface area contributed by atoms with E-state index in [1.54, 1.807) is 6.92 Å². The van der Waals surface area contributed by atoms with Crippen molar-refractivity contribution < 1.29 is 59.9 Å². The standard InChI is InChI=1S/C8H8F3NO4S2.Na/c1-6-2-4-7(5-3-6)17(13,14)12-18(15,16-11)8(9)10;/h2-5,8H,1H3;/q;+1. The average Bonchev–Trinajstić information content (AvgIpc) is 2.28. The summed E-state index contributed by atoms with van der Waals surface area (Å²) in [4.78, 5) is -0.487. The van der Waals surface area contributed by atoms with E-state index in [1.165, 1.54) is 12.1 Å². The predicted octanol–water partition coefficient (Wildman–Crippen LogP) is -0.806. The van der Waals surface area contributed by atoms with Crippen LogP contribution in [0.3, 0.4) is 0 Å². The minimum absolute atomic E-state index is 0. The smallest absolute Gasteiger partial charge is 0.211 e. The molecule has 0 aliphatic carbocycles. The third kappa shape index (κ3) is 4.72. The van der Waals surface area contributed by atoms with Gasteiger partial charge in [-0.15, -0.1) is 0 Å². The molecule has 0 aliphatic rings. The van der Waals surface area contributed by atoms with Crippen molar-refractivity contribution in [3.05, 3.63) is 29.8 Å². The molecule has 0 heterocycles. The molecule has 1 aromatic rings. The first-order valence-corrected chi connectivity index (χ1v) is 7.33. The van der Waals surface area contributed by atoms with Gasteiger partial charge in [-0.05, 0) is 23.6 Å². The predicted molar refractivity (Wildman–Crippen MR) is 57.1 cm³/mol. The summed E-state index contributed by atoms with van der Waals surface area (Å²) in [6.45, 7) is 1.67. The number of nitrogens with zero attached hydrogens (tertiary/aromatic N) is 1. The van der Waals surface area contributed by atoms with Crippen molar-refractivity contribution in [3.63, 3.8) is 0 Å². The maximum absolute atomic E-state index is 12.2. The summed E-state index contributed by atoms with van der Waals surface area (Å²) in [6.07, 6.45) is 0. The van der Waals surface area contributed by atoms with E-state index >= 15 is 0 Å². The van der Waals surface area contributed by atoms with E-state index in [2.05, 4.69) is 8.16 Å². The Balaban J connectivity index is 0.00000324. The van der Waals surface area contributed by atoms with Crippen LogP contribution in [0.1, 0.15) is 5.56 Å². The molecule has 0 aliphatic heterocycles. The van der Waals surface area contributed by atoms with E-state index in [9.17, 15) is 25.9 Å². The molecule has 0 spiro atoms. The molecule has 0 radical (unpaired) electrons. The summed E-state index contributed by atoms with van der Waals surface area (Å²) in [7, 11) is -9.91. The second-order valence-electron chi connectivity index (χ2n) is 3.20.